The maximum Gasteiger partial charge on any atom is 0.322 e. The smallest absolute Gasteiger partial charge is 0.322 e. The zero-order valence-corrected chi connectivity index (χ0v) is 8.19. The second-order valence-corrected chi connectivity index (χ2v) is 3.23. The fraction of sp³-hybridized carbons (Fsp3) is 0.444. The van der Waals surface area contributed by atoms with Crippen molar-refractivity contribution >= 4 is 11.8 Å². The van der Waals surface area contributed by atoms with Crippen molar-refractivity contribution in [3.8, 4) is 0 Å². The number of nitrogens with zero attached hydrogens (tertiary/aromatic N) is 2. The molecule has 5 heteroatoms. The normalized spacial score (nSPS) is 10.2. The molecular formula is C9H13N3O2. The van der Waals surface area contributed by atoms with E-state index in [-0.39, 0.29) is 6.54 Å². The van der Waals surface area contributed by atoms with Crippen molar-refractivity contribution in [1.82, 2.24) is 9.97 Å². The van der Waals surface area contributed by atoms with Crippen LogP contribution in [0.4, 0.5) is 5.82 Å². The molecule has 1 aromatic rings. The lowest BCUT2D eigenvalue weighted by molar-refractivity contribution is -0.134. The van der Waals surface area contributed by atoms with Crippen LogP contribution in [-0.4, -0.2) is 27.6 Å². The number of rotatable bonds is 4. The number of aromatic nitrogens is 2. The minimum atomic E-state index is -0.908. The second-order valence-electron chi connectivity index (χ2n) is 3.23. The highest BCUT2D eigenvalue weighted by Crippen LogP contribution is 2.13. The Hall–Kier alpha value is -1.65. The first kappa shape index (κ1) is 10.4. The van der Waals surface area contributed by atoms with Crippen LogP contribution in [0.3, 0.4) is 0 Å². The standard InChI is InChI=1S/C9H13N3O2/c1-6(2)7-3-8(12-5-11-7)10-4-9(13)14/h3,5-6H,4H2,1-2H3,(H,13,14)(H,10,11,12). The highest BCUT2D eigenvalue weighted by molar-refractivity contribution is 5.72. The molecule has 0 bridgehead atoms. The summed E-state index contributed by atoms with van der Waals surface area (Å²) in [6, 6.07) is 1.76. The first-order valence-electron chi connectivity index (χ1n) is 4.37. The zero-order valence-electron chi connectivity index (χ0n) is 8.19. The third-order valence-electron chi connectivity index (χ3n) is 1.70. The van der Waals surface area contributed by atoms with Gasteiger partial charge < -0.3 is 10.4 Å². The van der Waals surface area contributed by atoms with Gasteiger partial charge in [0.1, 0.15) is 18.7 Å². The van der Waals surface area contributed by atoms with Gasteiger partial charge in [-0.3, -0.25) is 4.79 Å². The second kappa shape index (κ2) is 4.55. The van der Waals surface area contributed by atoms with Gasteiger partial charge in [-0.1, -0.05) is 13.8 Å². The molecule has 0 fully saturated rings. The lowest BCUT2D eigenvalue weighted by Crippen LogP contribution is -2.13. The summed E-state index contributed by atoms with van der Waals surface area (Å²) in [6.45, 7) is 3.90. The van der Waals surface area contributed by atoms with Crippen molar-refractivity contribution in [2.45, 2.75) is 19.8 Å². The molecular weight excluding hydrogens is 182 g/mol. The molecule has 1 aromatic heterocycles. The Kier molecular flexibility index (Phi) is 3.39. The van der Waals surface area contributed by atoms with Crippen LogP contribution < -0.4 is 5.32 Å². The third kappa shape index (κ3) is 3.01. The molecule has 0 saturated heterocycles. The molecule has 0 spiro atoms. The van der Waals surface area contributed by atoms with Crippen LogP contribution in [0.15, 0.2) is 12.4 Å². The molecule has 0 unspecified atom stereocenters. The van der Waals surface area contributed by atoms with Gasteiger partial charge >= 0.3 is 5.97 Å². The number of carboxylic acid groups (broad SMARTS) is 1. The van der Waals surface area contributed by atoms with Gasteiger partial charge in [0.15, 0.2) is 0 Å². The zero-order chi connectivity index (χ0) is 10.6. The van der Waals surface area contributed by atoms with Crippen LogP contribution in [0.2, 0.25) is 0 Å². The molecule has 0 aliphatic heterocycles. The van der Waals surface area contributed by atoms with E-state index in [1.165, 1.54) is 6.33 Å². The van der Waals surface area contributed by atoms with Crippen molar-refractivity contribution in [3.05, 3.63) is 18.1 Å². The predicted octanol–water partition coefficient (Wildman–Crippen LogP) is 1.10. The first-order chi connectivity index (χ1) is 6.59. The van der Waals surface area contributed by atoms with Crippen LogP contribution in [0, 0.1) is 0 Å². The van der Waals surface area contributed by atoms with E-state index in [1.807, 2.05) is 13.8 Å². The van der Waals surface area contributed by atoms with Gasteiger partial charge in [0.05, 0.1) is 0 Å². The fourth-order valence-electron chi connectivity index (χ4n) is 0.951. The Morgan fingerprint density at radius 1 is 1.57 bits per heavy atom. The Bertz CT molecular complexity index is 326. The summed E-state index contributed by atoms with van der Waals surface area (Å²) < 4.78 is 0. The van der Waals surface area contributed by atoms with E-state index in [2.05, 4.69) is 15.3 Å². The van der Waals surface area contributed by atoms with E-state index in [0.29, 0.717) is 11.7 Å². The van der Waals surface area contributed by atoms with E-state index in [0.717, 1.165) is 5.69 Å². The molecule has 5 nitrogen and oxygen atoms in total. The first-order valence-corrected chi connectivity index (χ1v) is 4.37. The maximum absolute atomic E-state index is 10.3. The van der Waals surface area contributed by atoms with Crippen molar-refractivity contribution in [2.75, 3.05) is 11.9 Å². The van der Waals surface area contributed by atoms with Crippen LogP contribution >= 0.6 is 0 Å². The lowest BCUT2D eigenvalue weighted by atomic mass is 10.1. The minimum absolute atomic E-state index is 0.130. The molecule has 0 saturated carbocycles. The van der Waals surface area contributed by atoms with E-state index < -0.39 is 5.97 Å². The molecule has 0 radical (unpaired) electrons. The third-order valence-corrected chi connectivity index (χ3v) is 1.70. The molecule has 1 heterocycles. The van der Waals surface area contributed by atoms with Crippen molar-refractivity contribution in [3.63, 3.8) is 0 Å². The highest BCUT2D eigenvalue weighted by atomic mass is 16.4. The Labute approximate surface area is 82.2 Å². The highest BCUT2D eigenvalue weighted by Gasteiger charge is 2.03. The number of nitrogens with one attached hydrogen (secondary N) is 1. The van der Waals surface area contributed by atoms with E-state index in [4.69, 9.17) is 5.11 Å². The summed E-state index contributed by atoms with van der Waals surface area (Å²) >= 11 is 0. The van der Waals surface area contributed by atoms with Crippen LogP contribution in [0.25, 0.3) is 0 Å². The summed E-state index contributed by atoms with van der Waals surface area (Å²) in [5, 5.41) is 11.1. The number of aliphatic carboxylic acids is 1. The summed E-state index contributed by atoms with van der Waals surface area (Å²) in [7, 11) is 0. The summed E-state index contributed by atoms with van der Waals surface area (Å²) in [5.74, 6) is -0.0517. The van der Waals surface area contributed by atoms with Crippen LogP contribution in [0.1, 0.15) is 25.5 Å². The van der Waals surface area contributed by atoms with Crippen molar-refractivity contribution < 1.29 is 9.90 Å². The molecule has 0 aliphatic carbocycles. The van der Waals surface area contributed by atoms with Crippen LogP contribution in [-0.2, 0) is 4.79 Å². The van der Waals surface area contributed by atoms with Gasteiger partial charge in [-0.15, -0.1) is 0 Å². The molecule has 0 amide bonds. The van der Waals surface area contributed by atoms with E-state index in [9.17, 15) is 4.79 Å². The number of carboxylic acids is 1. The molecule has 14 heavy (non-hydrogen) atoms. The maximum atomic E-state index is 10.3. The molecule has 2 N–H and O–H groups in total. The van der Waals surface area contributed by atoms with Gasteiger partial charge in [-0.2, -0.15) is 0 Å². The minimum Gasteiger partial charge on any atom is -0.480 e. The number of hydrogen-bond acceptors (Lipinski definition) is 4. The molecule has 0 aliphatic rings. The summed E-state index contributed by atoms with van der Waals surface area (Å²) in [5.41, 5.74) is 0.896. The molecule has 0 aromatic carbocycles. The fourth-order valence-corrected chi connectivity index (χ4v) is 0.951. The Morgan fingerprint density at radius 3 is 2.86 bits per heavy atom. The van der Waals surface area contributed by atoms with Gasteiger partial charge in [0.25, 0.3) is 0 Å². The Balaban J connectivity index is 2.68. The van der Waals surface area contributed by atoms with Crippen molar-refractivity contribution in [1.29, 1.82) is 0 Å². The number of hydrogen-bond donors (Lipinski definition) is 2. The monoisotopic (exact) mass is 195 g/mol. The average molecular weight is 195 g/mol. The average Bonchev–Trinajstić information content (AvgIpc) is 2.15. The number of anilines is 1. The number of carbonyl (C=O) groups is 1. The Morgan fingerprint density at radius 2 is 2.29 bits per heavy atom. The summed E-state index contributed by atoms with van der Waals surface area (Å²) in [6.07, 6.45) is 1.43. The van der Waals surface area contributed by atoms with Gasteiger partial charge in [0.2, 0.25) is 0 Å². The van der Waals surface area contributed by atoms with E-state index in [1.54, 1.807) is 6.07 Å². The molecule has 1 rings (SSSR count). The predicted molar refractivity (Wildman–Crippen MR) is 52.2 cm³/mol. The molecule has 0 atom stereocenters. The van der Waals surface area contributed by atoms with Crippen LogP contribution in [0.5, 0.6) is 0 Å². The SMILES string of the molecule is CC(C)c1cc(NCC(=O)O)ncn1. The van der Waals surface area contributed by atoms with Gasteiger partial charge in [-0.05, 0) is 5.92 Å². The van der Waals surface area contributed by atoms with Crippen molar-refractivity contribution in [2.24, 2.45) is 0 Å². The summed E-state index contributed by atoms with van der Waals surface area (Å²) in [4.78, 5) is 18.3. The lowest BCUT2D eigenvalue weighted by Gasteiger charge is -2.06. The largest absolute Gasteiger partial charge is 0.480 e. The topological polar surface area (TPSA) is 75.1 Å². The van der Waals surface area contributed by atoms with Gasteiger partial charge in [0, 0.05) is 11.8 Å². The quantitative estimate of drug-likeness (QED) is 0.752. The van der Waals surface area contributed by atoms with Gasteiger partial charge in [-0.25, -0.2) is 9.97 Å². The molecule has 76 valence electrons. The van der Waals surface area contributed by atoms with E-state index >= 15 is 0 Å².